The third-order valence-electron chi connectivity index (χ3n) is 5.19. The molecule has 0 N–H and O–H groups in total. The Kier molecular flexibility index (Phi) is 6.81. The highest BCUT2D eigenvalue weighted by atomic mass is 35.5. The highest BCUT2D eigenvalue weighted by Gasteiger charge is 2.33. The fourth-order valence-corrected chi connectivity index (χ4v) is 4.90. The van der Waals surface area contributed by atoms with Gasteiger partial charge in [-0.1, -0.05) is 47.2 Å². The summed E-state index contributed by atoms with van der Waals surface area (Å²) in [7, 11) is 0. The van der Waals surface area contributed by atoms with Crippen molar-refractivity contribution in [3.8, 4) is 5.75 Å². The van der Waals surface area contributed by atoms with E-state index >= 15 is 0 Å². The number of allylic oxidation sites excluding steroid dienone is 1. The maximum absolute atomic E-state index is 13.5. The van der Waals surface area contributed by atoms with Gasteiger partial charge < -0.3 is 9.47 Å². The third-order valence-corrected chi connectivity index (χ3v) is 6.43. The predicted octanol–water partition coefficient (Wildman–Crippen LogP) is 3.85. The monoisotopic (exact) mass is 482 g/mol. The van der Waals surface area contributed by atoms with E-state index < -0.39 is 12.0 Å². The van der Waals surface area contributed by atoms with Crippen molar-refractivity contribution in [2.45, 2.75) is 26.8 Å². The van der Waals surface area contributed by atoms with Crippen LogP contribution in [-0.2, 0) is 9.53 Å². The Morgan fingerprint density at radius 3 is 2.45 bits per heavy atom. The van der Waals surface area contributed by atoms with E-state index in [-0.39, 0.29) is 12.2 Å². The molecule has 0 fully saturated rings. The first kappa shape index (κ1) is 23.0. The molecule has 0 saturated carbocycles. The zero-order valence-electron chi connectivity index (χ0n) is 18.5. The minimum Gasteiger partial charge on any atom is -0.494 e. The lowest BCUT2D eigenvalue weighted by atomic mass is 9.96. The molecule has 1 aliphatic rings. The number of rotatable bonds is 6. The summed E-state index contributed by atoms with van der Waals surface area (Å²) in [6, 6.07) is 14.0. The van der Waals surface area contributed by atoms with Gasteiger partial charge in [0, 0.05) is 5.02 Å². The fraction of sp³-hybridized carbons (Fsp3) is 0.240. The second-order valence-corrected chi connectivity index (χ2v) is 8.80. The molecule has 0 radical (unpaired) electrons. The Morgan fingerprint density at radius 1 is 1.12 bits per heavy atom. The van der Waals surface area contributed by atoms with E-state index in [0.29, 0.717) is 32.2 Å². The van der Waals surface area contributed by atoms with Crippen molar-refractivity contribution in [3.05, 3.63) is 95.6 Å². The molecule has 1 atom stereocenters. The zero-order valence-corrected chi connectivity index (χ0v) is 20.1. The first-order valence-corrected chi connectivity index (χ1v) is 11.8. The second-order valence-electron chi connectivity index (χ2n) is 7.36. The number of benzene rings is 2. The molecular weight excluding hydrogens is 460 g/mol. The van der Waals surface area contributed by atoms with Crippen molar-refractivity contribution in [2.24, 2.45) is 4.99 Å². The van der Waals surface area contributed by atoms with Crippen LogP contribution in [0.3, 0.4) is 0 Å². The van der Waals surface area contributed by atoms with Crippen LogP contribution in [0.25, 0.3) is 6.08 Å². The number of nitrogens with zero attached hydrogens (tertiary/aromatic N) is 2. The maximum atomic E-state index is 13.5. The quantitative estimate of drug-likeness (QED) is 0.500. The molecule has 1 aliphatic heterocycles. The number of carbonyl (C=O) groups excluding carboxylic acids is 1. The molecule has 8 heteroatoms. The first-order chi connectivity index (χ1) is 15.9. The number of halogens is 1. The molecule has 33 heavy (non-hydrogen) atoms. The fourth-order valence-electron chi connectivity index (χ4n) is 3.73. The number of ether oxygens (including phenoxy) is 2. The third kappa shape index (κ3) is 4.65. The number of fused-ring (bicyclic) bond motifs is 1. The minimum absolute atomic E-state index is 0.220. The Bertz CT molecular complexity index is 1390. The number of esters is 1. The van der Waals surface area contributed by atoms with Crippen LogP contribution in [0.15, 0.2) is 69.6 Å². The van der Waals surface area contributed by atoms with E-state index in [4.69, 9.17) is 21.1 Å². The molecule has 1 aromatic heterocycles. The van der Waals surface area contributed by atoms with Crippen LogP contribution in [0.4, 0.5) is 0 Å². The summed E-state index contributed by atoms with van der Waals surface area (Å²) in [5.74, 6) is 0.236. The van der Waals surface area contributed by atoms with E-state index in [1.54, 1.807) is 36.6 Å². The van der Waals surface area contributed by atoms with Crippen molar-refractivity contribution in [1.82, 2.24) is 4.57 Å². The largest absolute Gasteiger partial charge is 0.494 e. The summed E-state index contributed by atoms with van der Waals surface area (Å²) in [6.45, 7) is 6.21. The Morgan fingerprint density at radius 2 is 1.82 bits per heavy atom. The van der Waals surface area contributed by atoms with E-state index in [1.165, 1.54) is 11.3 Å². The second kappa shape index (κ2) is 9.77. The number of hydrogen-bond acceptors (Lipinski definition) is 6. The molecule has 0 aliphatic carbocycles. The van der Waals surface area contributed by atoms with Crippen molar-refractivity contribution in [1.29, 1.82) is 0 Å². The van der Waals surface area contributed by atoms with Crippen molar-refractivity contribution >= 4 is 35.0 Å². The lowest BCUT2D eigenvalue weighted by Gasteiger charge is -2.24. The highest BCUT2D eigenvalue weighted by molar-refractivity contribution is 7.07. The molecule has 0 spiro atoms. The minimum atomic E-state index is -0.650. The van der Waals surface area contributed by atoms with E-state index in [1.807, 2.05) is 43.3 Å². The smallest absolute Gasteiger partial charge is 0.338 e. The predicted molar refractivity (Wildman–Crippen MR) is 129 cm³/mol. The Hall–Kier alpha value is -3.16. The first-order valence-electron chi connectivity index (χ1n) is 10.6. The van der Waals surface area contributed by atoms with Gasteiger partial charge in [-0.25, -0.2) is 9.79 Å². The SMILES string of the molecule is CCOC(=O)C1=C(C)N=c2s/c(=C\c3ccc(Cl)cc3)c(=O)n2[C@@H]1c1ccc(OCC)cc1. The molecule has 0 unspecified atom stereocenters. The topological polar surface area (TPSA) is 69.9 Å². The molecular formula is C25H23ClN2O4S. The van der Waals surface area contributed by atoms with Gasteiger partial charge in [-0.2, -0.15) is 0 Å². The van der Waals surface area contributed by atoms with Gasteiger partial charge in [-0.3, -0.25) is 9.36 Å². The van der Waals surface area contributed by atoms with Crippen LogP contribution in [-0.4, -0.2) is 23.8 Å². The molecule has 4 rings (SSSR count). The van der Waals surface area contributed by atoms with Crippen molar-refractivity contribution in [2.75, 3.05) is 13.2 Å². The van der Waals surface area contributed by atoms with Gasteiger partial charge in [0.25, 0.3) is 5.56 Å². The van der Waals surface area contributed by atoms with E-state index in [2.05, 4.69) is 4.99 Å². The van der Waals surface area contributed by atoms with E-state index in [9.17, 15) is 9.59 Å². The summed E-state index contributed by atoms with van der Waals surface area (Å²) in [5.41, 5.74) is 2.29. The highest BCUT2D eigenvalue weighted by Crippen LogP contribution is 2.31. The van der Waals surface area contributed by atoms with Gasteiger partial charge in [0.1, 0.15) is 5.75 Å². The van der Waals surface area contributed by atoms with E-state index in [0.717, 1.165) is 16.9 Å². The number of carbonyl (C=O) groups is 1. The standard InChI is InChI=1S/C25H23ClN2O4S/c1-4-31-19-12-8-17(9-13-19)22-21(24(30)32-5-2)15(3)27-25-28(22)23(29)20(33-25)14-16-6-10-18(26)11-7-16/h6-14,22H,4-5H2,1-3H3/b20-14-/t22-/m1/s1. The van der Waals surface area contributed by atoms with Gasteiger partial charge in [0.2, 0.25) is 0 Å². The maximum Gasteiger partial charge on any atom is 0.338 e. The van der Waals surface area contributed by atoms with Crippen molar-refractivity contribution in [3.63, 3.8) is 0 Å². The molecule has 0 amide bonds. The molecule has 3 aromatic rings. The molecule has 2 heterocycles. The summed E-state index contributed by atoms with van der Waals surface area (Å²) in [5, 5.41) is 0.624. The van der Waals surface area contributed by atoms with Crippen LogP contribution in [0.1, 0.15) is 37.9 Å². The van der Waals surface area contributed by atoms with Gasteiger partial charge in [-0.05, 0) is 62.2 Å². The van der Waals surface area contributed by atoms with Gasteiger partial charge in [0.15, 0.2) is 4.80 Å². The van der Waals surface area contributed by atoms with Gasteiger partial charge in [-0.15, -0.1) is 0 Å². The average Bonchev–Trinajstić information content (AvgIpc) is 3.10. The average molecular weight is 483 g/mol. The van der Waals surface area contributed by atoms with Gasteiger partial charge in [0.05, 0.1) is 35.1 Å². The Balaban J connectivity index is 1.90. The number of hydrogen-bond donors (Lipinski definition) is 0. The van der Waals surface area contributed by atoms with Gasteiger partial charge >= 0.3 is 5.97 Å². The Labute approximate surface area is 200 Å². The van der Waals surface area contributed by atoms with Crippen LogP contribution in [0.2, 0.25) is 5.02 Å². The van der Waals surface area contributed by atoms with Crippen LogP contribution < -0.4 is 19.6 Å². The van der Waals surface area contributed by atoms with Crippen molar-refractivity contribution < 1.29 is 14.3 Å². The van der Waals surface area contributed by atoms with Crippen LogP contribution in [0, 0.1) is 0 Å². The lowest BCUT2D eigenvalue weighted by Crippen LogP contribution is -2.39. The molecule has 0 bridgehead atoms. The van der Waals surface area contributed by atoms with Crippen LogP contribution >= 0.6 is 22.9 Å². The molecule has 2 aromatic carbocycles. The molecule has 170 valence electrons. The normalized spacial score (nSPS) is 15.8. The number of thiazole rings is 1. The summed E-state index contributed by atoms with van der Waals surface area (Å²) in [4.78, 5) is 31.6. The zero-order chi connectivity index (χ0) is 23.5. The van der Waals surface area contributed by atoms with Crippen LogP contribution in [0.5, 0.6) is 5.75 Å². The summed E-state index contributed by atoms with van der Waals surface area (Å²) < 4.78 is 13.0. The lowest BCUT2D eigenvalue weighted by molar-refractivity contribution is -0.139. The summed E-state index contributed by atoms with van der Waals surface area (Å²) >= 11 is 7.27. The number of aromatic nitrogens is 1. The summed E-state index contributed by atoms with van der Waals surface area (Å²) in [6.07, 6.45) is 1.80. The molecule has 0 saturated heterocycles. The molecule has 6 nitrogen and oxygen atoms in total.